The van der Waals surface area contributed by atoms with Gasteiger partial charge in [-0.2, -0.15) is 0 Å². The van der Waals surface area contributed by atoms with Crippen LogP contribution in [0.5, 0.6) is 5.75 Å². The minimum absolute atomic E-state index is 0.106. The molecule has 20 heavy (non-hydrogen) atoms. The molecular formula is C14H19N3O3. The van der Waals surface area contributed by atoms with Crippen molar-refractivity contribution in [2.24, 2.45) is 0 Å². The van der Waals surface area contributed by atoms with Crippen LogP contribution in [0, 0.1) is 6.92 Å². The van der Waals surface area contributed by atoms with Crippen LogP contribution in [-0.2, 0) is 9.59 Å². The molecule has 1 atom stereocenters. The zero-order chi connectivity index (χ0) is 14.7. The Bertz CT molecular complexity index is 520. The van der Waals surface area contributed by atoms with E-state index in [1.807, 2.05) is 13.8 Å². The molecule has 1 saturated heterocycles. The largest absolute Gasteiger partial charge is 0.508 e. The van der Waals surface area contributed by atoms with Gasteiger partial charge in [0, 0.05) is 19.2 Å². The number of aryl methyl sites for hydroxylation is 1. The van der Waals surface area contributed by atoms with Gasteiger partial charge in [0.25, 0.3) is 0 Å². The summed E-state index contributed by atoms with van der Waals surface area (Å²) in [5.74, 6) is -0.0893. The van der Waals surface area contributed by atoms with Crippen LogP contribution in [0.2, 0.25) is 0 Å². The lowest BCUT2D eigenvalue weighted by Gasteiger charge is -2.30. The van der Waals surface area contributed by atoms with Gasteiger partial charge < -0.3 is 15.3 Å². The lowest BCUT2D eigenvalue weighted by molar-refractivity contribution is -0.125. The van der Waals surface area contributed by atoms with E-state index in [0.717, 1.165) is 5.56 Å². The molecule has 1 unspecified atom stereocenters. The standard InChI is InChI=1S/C14H19N3O3/c1-3-17(12-6-10(18)5-4-9(12)2)14(20)11-7-16-13(19)8-15-11/h4-6,11,15,18H,3,7-8H2,1-2H3,(H,16,19). The minimum atomic E-state index is -0.436. The van der Waals surface area contributed by atoms with Crippen molar-refractivity contribution in [3.05, 3.63) is 23.8 Å². The minimum Gasteiger partial charge on any atom is -0.508 e. The predicted molar refractivity (Wildman–Crippen MR) is 75.7 cm³/mol. The Balaban J connectivity index is 2.21. The van der Waals surface area contributed by atoms with Crippen LogP contribution in [-0.4, -0.2) is 42.6 Å². The summed E-state index contributed by atoms with van der Waals surface area (Å²) >= 11 is 0. The fourth-order valence-electron chi connectivity index (χ4n) is 2.26. The fraction of sp³-hybridized carbons (Fsp3) is 0.429. The number of benzene rings is 1. The van der Waals surface area contributed by atoms with Crippen LogP contribution in [0.1, 0.15) is 12.5 Å². The van der Waals surface area contributed by atoms with Crippen LogP contribution >= 0.6 is 0 Å². The number of piperazine rings is 1. The Morgan fingerprint density at radius 1 is 1.50 bits per heavy atom. The molecule has 1 aromatic rings. The summed E-state index contributed by atoms with van der Waals surface area (Å²) < 4.78 is 0. The highest BCUT2D eigenvalue weighted by molar-refractivity contribution is 5.99. The number of aromatic hydroxyl groups is 1. The molecular weight excluding hydrogens is 258 g/mol. The van der Waals surface area contributed by atoms with Gasteiger partial charge in [0.05, 0.1) is 12.2 Å². The molecule has 0 aliphatic carbocycles. The fourth-order valence-corrected chi connectivity index (χ4v) is 2.26. The molecule has 1 aromatic carbocycles. The molecule has 2 rings (SSSR count). The van der Waals surface area contributed by atoms with Gasteiger partial charge in [-0.25, -0.2) is 0 Å². The van der Waals surface area contributed by atoms with Crippen molar-refractivity contribution in [1.82, 2.24) is 10.6 Å². The lowest BCUT2D eigenvalue weighted by Crippen LogP contribution is -2.58. The normalized spacial score (nSPS) is 18.5. The number of anilines is 1. The number of carbonyl (C=O) groups excluding carboxylic acids is 2. The average Bonchev–Trinajstić information content (AvgIpc) is 2.44. The van der Waals surface area contributed by atoms with Gasteiger partial charge in [-0.15, -0.1) is 0 Å². The first-order chi connectivity index (χ1) is 9.52. The van der Waals surface area contributed by atoms with Gasteiger partial charge in [-0.3, -0.25) is 14.9 Å². The molecule has 6 heteroatoms. The van der Waals surface area contributed by atoms with E-state index in [-0.39, 0.29) is 30.7 Å². The van der Waals surface area contributed by atoms with Gasteiger partial charge in [0.15, 0.2) is 0 Å². The van der Waals surface area contributed by atoms with Gasteiger partial charge in [-0.1, -0.05) is 6.07 Å². The van der Waals surface area contributed by atoms with Crippen molar-refractivity contribution >= 4 is 17.5 Å². The molecule has 108 valence electrons. The first-order valence-electron chi connectivity index (χ1n) is 6.64. The van der Waals surface area contributed by atoms with Crippen molar-refractivity contribution in [3.63, 3.8) is 0 Å². The average molecular weight is 277 g/mol. The quantitative estimate of drug-likeness (QED) is 0.734. The maximum atomic E-state index is 12.5. The van der Waals surface area contributed by atoms with Crippen LogP contribution < -0.4 is 15.5 Å². The second-order valence-electron chi connectivity index (χ2n) is 4.79. The second kappa shape index (κ2) is 5.92. The van der Waals surface area contributed by atoms with Crippen molar-refractivity contribution in [2.75, 3.05) is 24.5 Å². The van der Waals surface area contributed by atoms with E-state index in [4.69, 9.17) is 0 Å². The van der Waals surface area contributed by atoms with Gasteiger partial charge in [-0.05, 0) is 25.5 Å². The van der Waals surface area contributed by atoms with E-state index in [2.05, 4.69) is 10.6 Å². The van der Waals surface area contributed by atoms with E-state index in [9.17, 15) is 14.7 Å². The summed E-state index contributed by atoms with van der Waals surface area (Å²) in [5, 5.41) is 15.2. The third kappa shape index (κ3) is 2.91. The molecule has 1 aliphatic heterocycles. The number of rotatable bonds is 3. The number of nitrogens with one attached hydrogen (secondary N) is 2. The Labute approximate surface area is 117 Å². The Kier molecular flexibility index (Phi) is 4.24. The maximum absolute atomic E-state index is 12.5. The van der Waals surface area contributed by atoms with E-state index < -0.39 is 6.04 Å². The number of hydrogen-bond donors (Lipinski definition) is 3. The molecule has 1 fully saturated rings. The van der Waals surface area contributed by atoms with Crippen molar-refractivity contribution in [3.8, 4) is 5.75 Å². The summed E-state index contributed by atoms with van der Waals surface area (Å²) in [6, 6.07) is 4.51. The number of phenolic OH excluding ortho intramolecular Hbond substituents is 1. The molecule has 3 N–H and O–H groups in total. The molecule has 1 aliphatic rings. The molecule has 2 amide bonds. The van der Waals surface area contributed by atoms with Crippen molar-refractivity contribution < 1.29 is 14.7 Å². The van der Waals surface area contributed by atoms with Crippen LogP contribution in [0.4, 0.5) is 5.69 Å². The number of hydrogen-bond acceptors (Lipinski definition) is 4. The van der Waals surface area contributed by atoms with E-state index in [1.165, 1.54) is 0 Å². The SMILES string of the molecule is CCN(C(=O)C1CNC(=O)CN1)c1cc(O)ccc1C. The van der Waals surface area contributed by atoms with Crippen LogP contribution in [0.15, 0.2) is 18.2 Å². The Morgan fingerprint density at radius 3 is 2.85 bits per heavy atom. The van der Waals surface area contributed by atoms with Gasteiger partial charge in [0.2, 0.25) is 11.8 Å². The summed E-state index contributed by atoms with van der Waals surface area (Å²) in [4.78, 5) is 25.3. The van der Waals surface area contributed by atoms with E-state index in [1.54, 1.807) is 23.1 Å². The van der Waals surface area contributed by atoms with Gasteiger partial charge in [0.1, 0.15) is 11.8 Å². The summed E-state index contributed by atoms with van der Waals surface area (Å²) in [7, 11) is 0. The first kappa shape index (κ1) is 14.3. The zero-order valence-corrected chi connectivity index (χ0v) is 11.6. The smallest absolute Gasteiger partial charge is 0.245 e. The molecule has 0 aromatic heterocycles. The van der Waals surface area contributed by atoms with Crippen molar-refractivity contribution in [2.45, 2.75) is 19.9 Å². The maximum Gasteiger partial charge on any atom is 0.245 e. The highest BCUT2D eigenvalue weighted by atomic mass is 16.3. The number of nitrogens with zero attached hydrogens (tertiary/aromatic N) is 1. The number of carbonyl (C=O) groups is 2. The number of likely N-dealkylation sites (N-methyl/N-ethyl adjacent to an activating group) is 1. The molecule has 6 nitrogen and oxygen atoms in total. The zero-order valence-electron chi connectivity index (χ0n) is 11.6. The second-order valence-corrected chi connectivity index (χ2v) is 4.79. The molecule has 1 heterocycles. The Morgan fingerprint density at radius 2 is 2.25 bits per heavy atom. The molecule has 0 spiro atoms. The highest BCUT2D eigenvalue weighted by Gasteiger charge is 2.28. The highest BCUT2D eigenvalue weighted by Crippen LogP contribution is 2.25. The Hall–Kier alpha value is -2.08. The van der Waals surface area contributed by atoms with E-state index in [0.29, 0.717) is 12.2 Å². The van der Waals surface area contributed by atoms with Crippen LogP contribution in [0.25, 0.3) is 0 Å². The third-order valence-corrected chi connectivity index (χ3v) is 3.38. The number of amides is 2. The summed E-state index contributed by atoms with van der Waals surface area (Å²) in [6.45, 7) is 4.69. The van der Waals surface area contributed by atoms with Gasteiger partial charge >= 0.3 is 0 Å². The van der Waals surface area contributed by atoms with E-state index >= 15 is 0 Å². The van der Waals surface area contributed by atoms with Crippen LogP contribution in [0.3, 0.4) is 0 Å². The number of phenols is 1. The monoisotopic (exact) mass is 277 g/mol. The lowest BCUT2D eigenvalue weighted by atomic mass is 10.1. The first-order valence-corrected chi connectivity index (χ1v) is 6.64. The molecule has 0 radical (unpaired) electrons. The summed E-state index contributed by atoms with van der Waals surface area (Å²) in [5.41, 5.74) is 1.61. The third-order valence-electron chi connectivity index (χ3n) is 3.38. The molecule has 0 bridgehead atoms. The summed E-state index contributed by atoms with van der Waals surface area (Å²) in [6.07, 6.45) is 0. The predicted octanol–water partition coefficient (Wildman–Crippen LogP) is 0.142. The molecule has 0 saturated carbocycles. The van der Waals surface area contributed by atoms with Crippen molar-refractivity contribution in [1.29, 1.82) is 0 Å². The topological polar surface area (TPSA) is 81.7 Å².